The molecule has 2 aromatic rings. The molecule has 0 aliphatic carbocycles. The van der Waals surface area contributed by atoms with E-state index in [1.54, 1.807) is 12.1 Å². The van der Waals surface area contributed by atoms with Crippen molar-refractivity contribution in [3.8, 4) is 5.75 Å². The average molecular weight is 241 g/mol. The van der Waals surface area contributed by atoms with Crippen LogP contribution >= 0.6 is 0 Å². The highest BCUT2D eigenvalue weighted by Crippen LogP contribution is 2.10. The number of esters is 1. The second-order valence-corrected chi connectivity index (χ2v) is 4.03. The zero-order valence-corrected chi connectivity index (χ0v) is 9.95. The maximum atomic E-state index is 11.8. The number of rotatable bonds is 4. The molecule has 0 spiro atoms. The minimum absolute atomic E-state index is 0.412. The van der Waals surface area contributed by atoms with Gasteiger partial charge in [-0.25, -0.2) is 4.79 Å². The predicted octanol–water partition coefficient (Wildman–Crippen LogP) is 2.16. The van der Waals surface area contributed by atoms with Crippen LogP contribution in [-0.4, -0.2) is 12.0 Å². The summed E-state index contributed by atoms with van der Waals surface area (Å²) in [5, 5.41) is 0. The number of carbonyl (C=O) groups excluding carboxylic acids is 1. The maximum Gasteiger partial charge on any atom is 0.328 e. The van der Waals surface area contributed by atoms with Gasteiger partial charge in [-0.2, -0.15) is 0 Å². The number of benzene rings is 2. The summed E-state index contributed by atoms with van der Waals surface area (Å²) in [4.78, 5) is 11.8. The topological polar surface area (TPSA) is 52.3 Å². The molecule has 0 saturated carbocycles. The number of hydrogen-bond donors (Lipinski definition) is 1. The van der Waals surface area contributed by atoms with Gasteiger partial charge in [0, 0.05) is 0 Å². The lowest BCUT2D eigenvalue weighted by Gasteiger charge is -2.11. The SMILES string of the molecule is N[C@H](Cc1ccccc1)C(=O)Oc1ccccc1. The minimum atomic E-state index is -0.646. The van der Waals surface area contributed by atoms with E-state index in [0.29, 0.717) is 12.2 Å². The summed E-state index contributed by atoms with van der Waals surface area (Å²) in [6.45, 7) is 0. The number of para-hydroxylation sites is 1. The van der Waals surface area contributed by atoms with Crippen molar-refractivity contribution < 1.29 is 9.53 Å². The zero-order chi connectivity index (χ0) is 12.8. The summed E-state index contributed by atoms with van der Waals surface area (Å²) in [6.07, 6.45) is 0.479. The first-order valence-corrected chi connectivity index (χ1v) is 5.82. The van der Waals surface area contributed by atoms with Crippen molar-refractivity contribution in [1.29, 1.82) is 0 Å². The first-order valence-electron chi connectivity index (χ1n) is 5.82. The summed E-state index contributed by atoms with van der Waals surface area (Å²) in [6, 6.07) is 17.9. The van der Waals surface area contributed by atoms with E-state index in [9.17, 15) is 4.79 Å². The van der Waals surface area contributed by atoms with Crippen LogP contribution in [0.5, 0.6) is 5.75 Å². The van der Waals surface area contributed by atoms with Crippen molar-refractivity contribution in [2.24, 2.45) is 5.73 Å². The summed E-state index contributed by atoms with van der Waals surface area (Å²) >= 11 is 0. The fourth-order valence-corrected chi connectivity index (χ4v) is 1.63. The van der Waals surface area contributed by atoms with Gasteiger partial charge in [0.25, 0.3) is 0 Å². The fourth-order valence-electron chi connectivity index (χ4n) is 1.63. The molecule has 2 rings (SSSR count). The van der Waals surface area contributed by atoms with Gasteiger partial charge < -0.3 is 10.5 Å². The van der Waals surface area contributed by atoms with E-state index in [0.717, 1.165) is 5.56 Å². The molecule has 0 aliphatic heterocycles. The lowest BCUT2D eigenvalue weighted by Crippen LogP contribution is -2.36. The Hall–Kier alpha value is -2.13. The quantitative estimate of drug-likeness (QED) is 0.659. The van der Waals surface area contributed by atoms with Crippen molar-refractivity contribution in [2.45, 2.75) is 12.5 Å². The molecule has 0 unspecified atom stereocenters. The molecule has 18 heavy (non-hydrogen) atoms. The number of nitrogens with two attached hydrogens (primary N) is 1. The highest BCUT2D eigenvalue weighted by atomic mass is 16.5. The number of ether oxygens (including phenoxy) is 1. The number of carbonyl (C=O) groups is 1. The molecule has 3 nitrogen and oxygen atoms in total. The molecular weight excluding hydrogens is 226 g/mol. The van der Waals surface area contributed by atoms with Crippen molar-refractivity contribution in [3.63, 3.8) is 0 Å². The van der Waals surface area contributed by atoms with Crippen LogP contribution in [-0.2, 0) is 11.2 Å². The molecule has 0 saturated heterocycles. The van der Waals surface area contributed by atoms with Crippen LogP contribution in [0.4, 0.5) is 0 Å². The van der Waals surface area contributed by atoms with Crippen molar-refractivity contribution in [3.05, 3.63) is 66.2 Å². The number of hydrogen-bond acceptors (Lipinski definition) is 3. The van der Waals surface area contributed by atoms with Crippen LogP contribution in [0.1, 0.15) is 5.56 Å². The van der Waals surface area contributed by atoms with E-state index in [2.05, 4.69) is 0 Å². The van der Waals surface area contributed by atoms with Crippen LogP contribution < -0.4 is 10.5 Å². The average Bonchev–Trinajstić information content (AvgIpc) is 2.41. The Morgan fingerprint density at radius 2 is 1.56 bits per heavy atom. The van der Waals surface area contributed by atoms with Gasteiger partial charge in [0.2, 0.25) is 0 Å². The molecule has 0 bridgehead atoms. The molecule has 0 radical (unpaired) electrons. The molecule has 3 heteroatoms. The lowest BCUT2D eigenvalue weighted by molar-refractivity contribution is -0.135. The fraction of sp³-hybridized carbons (Fsp3) is 0.133. The normalized spacial score (nSPS) is 11.8. The van der Waals surface area contributed by atoms with Crippen molar-refractivity contribution >= 4 is 5.97 Å². The van der Waals surface area contributed by atoms with Gasteiger partial charge in [0.1, 0.15) is 11.8 Å². The van der Waals surface area contributed by atoms with Crippen LogP contribution in [0.2, 0.25) is 0 Å². The highest BCUT2D eigenvalue weighted by molar-refractivity contribution is 5.78. The summed E-state index contributed by atoms with van der Waals surface area (Å²) in [5.74, 6) is 0.107. The smallest absolute Gasteiger partial charge is 0.328 e. The lowest BCUT2D eigenvalue weighted by atomic mass is 10.1. The molecular formula is C15H15NO2. The van der Waals surface area contributed by atoms with Gasteiger partial charge in [0.15, 0.2) is 0 Å². The van der Waals surface area contributed by atoms with E-state index >= 15 is 0 Å². The first-order chi connectivity index (χ1) is 8.75. The van der Waals surface area contributed by atoms with E-state index in [1.807, 2.05) is 48.5 Å². The Balaban J connectivity index is 1.93. The second-order valence-electron chi connectivity index (χ2n) is 4.03. The third-order valence-electron chi connectivity index (χ3n) is 2.56. The molecule has 0 heterocycles. The largest absolute Gasteiger partial charge is 0.425 e. The molecule has 0 aliphatic rings. The molecule has 92 valence electrons. The summed E-state index contributed by atoms with van der Waals surface area (Å²) in [5.41, 5.74) is 6.85. The molecule has 2 aromatic carbocycles. The molecule has 0 fully saturated rings. The second kappa shape index (κ2) is 5.98. The Morgan fingerprint density at radius 1 is 1.00 bits per heavy atom. The summed E-state index contributed by atoms with van der Waals surface area (Å²) in [7, 11) is 0. The van der Waals surface area contributed by atoms with Gasteiger partial charge >= 0.3 is 5.97 Å². The molecule has 1 atom stereocenters. The third-order valence-corrected chi connectivity index (χ3v) is 2.56. The molecule has 0 amide bonds. The van der Waals surface area contributed by atoms with E-state index in [4.69, 9.17) is 10.5 Å². The van der Waals surface area contributed by atoms with Crippen molar-refractivity contribution in [2.75, 3.05) is 0 Å². The monoisotopic (exact) mass is 241 g/mol. The molecule has 2 N–H and O–H groups in total. The Labute approximate surface area is 106 Å². The van der Waals surface area contributed by atoms with Gasteiger partial charge in [-0.15, -0.1) is 0 Å². The van der Waals surface area contributed by atoms with Crippen molar-refractivity contribution in [1.82, 2.24) is 0 Å². The van der Waals surface area contributed by atoms with E-state index < -0.39 is 12.0 Å². The Morgan fingerprint density at radius 3 is 2.17 bits per heavy atom. The standard InChI is InChI=1S/C15H15NO2/c16-14(11-12-7-3-1-4-8-12)15(17)18-13-9-5-2-6-10-13/h1-10,14H,11,16H2/t14-/m1/s1. The van der Waals surface area contributed by atoms with E-state index in [1.165, 1.54) is 0 Å². The predicted molar refractivity (Wildman–Crippen MR) is 70.2 cm³/mol. The van der Waals surface area contributed by atoms with Gasteiger partial charge in [-0.3, -0.25) is 0 Å². The minimum Gasteiger partial charge on any atom is -0.425 e. The van der Waals surface area contributed by atoms with Crippen LogP contribution in [0.25, 0.3) is 0 Å². The highest BCUT2D eigenvalue weighted by Gasteiger charge is 2.16. The van der Waals surface area contributed by atoms with Gasteiger partial charge in [-0.05, 0) is 24.1 Å². The third kappa shape index (κ3) is 3.43. The Bertz CT molecular complexity index is 496. The van der Waals surface area contributed by atoms with Crippen LogP contribution in [0, 0.1) is 0 Å². The Kier molecular flexibility index (Phi) is 4.10. The first kappa shape index (κ1) is 12.3. The van der Waals surface area contributed by atoms with Gasteiger partial charge in [-0.1, -0.05) is 48.5 Å². The van der Waals surface area contributed by atoms with Crippen LogP contribution in [0.15, 0.2) is 60.7 Å². The van der Waals surface area contributed by atoms with E-state index in [-0.39, 0.29) is 0 Å². The zero-order valence-electron chi connectivity index (χ0n) is 9.95. The summed E-state index contributed by atoms with van der Waals surface area (Å²) < 4.78 is 5.18. The van der Waals surface area contributed by atoms with Gasteiger partial charge in [0.05, 0.1) is 0 Å². The molecule has 0 aromatic heterocycles. The van der Waals surface area contributed by atoms with Crippen LogP contribution in [0.3, 0.4) is 0 Å². The maximum absolute atomic E-state index is 11.8.